The van der Waals surface area contributed by atoms with Crippen molar-refractivity contribution in [2.24, 2.45) is 5.41 Å². The maximum Gasteiger partial charge on any atom is 0.121 e. The fourth-order valence-corrected chi connectivity index (χ4v) is 7.26. The zero-order chi connectivity index (χ0) is 26.1. The molecule has 4 aromatic rings. The van der Waals surface area contributed by atoms with Gasteiger partial charge in [-0.15, -0.1) is 0 Å². The Kier molecular flexibility index (Phi) is 6.93. The zero-order valence-corrected chi connectivity index (χ0v) is 22.9. The fraction of sp³-hybridized carbons (Fsp3) is 0.455. The number of nitrogens with zero attached hydrogens (tertiary/aromatic N) is 4. The molecular weight excluding hydrogens is 480 g/mol. The van der Waals surface area contributed by atoms with Gasteiger partial charge in [0.1, 0.15) is 5.82 Å². The van der Waals surface area contributed by atoms with Gasteiger partial charge in [-0.05, 0) is 98.5 Å². The van der Waals surface area contributed by atoms with Gasteiger partial charge in [-0.25, -0.2) is 4.98 Å². The van der Waals surface area contributed by atoms with Crippen LogP contribution in [0.25, 0.3) is 11.0 Å². The second kappa shape index (κ2) is 10.8. The van der Waals surface area contributed by atoms with E-state index >= 15 is 0 Å². The molecule has 7 rings (SSSR count). The van der Waals surface area contributed by atoms with Gasteiger partial charge >= 0.3 is 0 Å². The van der Waals surface area contributed by atoms with Crippen molar-refractivity contribution in [2.45, 2.75) is 64.2 Å². The number of piperidine rings is 1. The van der Waals surface area contributed by atoms with E-state index in [4.69, 9.17) is 9.97 Å². The van der Waals surface area contributed by atoms with Crippen molar-refractivity contribution >= 4 is 11.0 Å². The van der Waals surface area contributed by atoms with Gasteiger partial charge < -0.3 is 10.3 Å². The highest BCUT2D eigenvalue weighted by molar-refractivity contribution is 5.74. The summed E-state index contributed by atoms with van der Waals surface area (Å²) in [5, 5.41) is 3.54. The molecule has 0 bridgehead atoms. The number of fused-ring (bicyclic) bond motifs is 2. The molecule has 2 N–H and O–H groups in total. The van der Waals surface area contributed by atoms with E-state index < -0.39 is 0 Å². The Morgan fingerprint density at radius 3 is 2.64 bits per heavy atom. The number of hydrogen-bond donors (Lipinski definition) is 2. The molecule has 1 unspecified atom stereocenters. The van der Waals surface area contributed by atoms with Gasteiger partial charge in [0.15, 0.2) is 0 Å². The number of aromatic amines is 1. The van der Waals surface area contributed by atoms with Gasteiger partial charge in [0.05, 0.1) is 29.3 Å². The van der Waals surface area contributed by atoms with Crippen LogP contribution in [0, 0.1) is 5.41 Å². The molecule has 202 valence electrons. The molecule has 1 aliphatic carbocycles. The number of nitrogens with one attached hydrogen (secondary N) is 2. The second-order valence-corrected chi connectivity index (χ2v) is 12.1. The molecule has 4 heterocycles. The van der Waals surface area contributed by atoms with Crippen LogP contribution >= 0.6 is 0 Å². The fourth-order valence-electron chi connectivity index (χ4n) is 7.26. The van der Waals surface area contributed by atoms with E-state index in [0.29, 0.717) is 11.5 Å². The Morgan fingerprint density at radius 1 is 0.923 bits per heavy atom. The minimum absolute atomic E-state index is 0.300. The van der Waals surface area contributed by atoms with Crippen LogP contribution in [0.5, 0.6) is 0 Å². The van der Waals surface area contributed by atoms with Gasteiger partial charge in [0.25, 0.3) is 0 Å². The first-order valence-electron chi connectivity index (χ1n) is 14.9. The first-order chi connectivity index (χ1) is 19.2. The van der Waals surface area contributed by atoms with Crippen LogP contribution in [-0.2, 0) is 26.1 Å². The number of aromatic nitrogens is 3. The molecular formula is C33H40N6. The average Bonchev–Trinajstić information content (AvgIpc) is 3.57. The summed E-state index contributed by atoms with van der Waals surface area (Å²) in [6, 6.07) is 22.4. The molecule has 1 atom stereocenters. The third-order valence-electron chi connectivity index (χ3n) is 9.39. The molecule has 0 amide bonds. The van der Waals surface area contributed by atoms with Crippen molar-refractivity contribution in [3.63, 3.8) is 0 Å². The van der Waals surface area contributed by atoms with Crippen LogP contribution in [0.2, 0.25) is 0 Å². The molecule has 2 fully saturated rings. The summed E-state index contributed by atoms with van der Waals surface area (Å²) in [4.78, 5) is 18.6. The monoisotopic (exact) mass is 520 g/mol. The minimum Gasteiger partial charge on any atom is -0.341 e. The number of imidazole rings is 1. The van der Waals surface area contributed by atoms with Crippen LogP contribution in [0.1, 0.15) is 66.4 Å². The quantitative estimate of drug-likeness (QED) is 0.332. The van der Waals surface area contributed by atoms with E-state index in [1.54, 1.807) is 0 Å². The van der Waals surface area contributed by atoms with Crippen LogP contribution in [-0.4, -0.2) is 50.9 Å². The lowest BCUT2D eigenvalue weighted by molar-refractivity contribution is 0.153. The Balaban J connectivity index is 1.09. The number of para-hydroxylation sites is 2. The Bertz CT molecular complexity index is 1370. The number of aryl methyl sites for hydroxylation is 1. The van der Waals surface area contributed by atoms with E-state index in [0.717, 1.165) is 49.3 Å². The number of likely N-dealkylation sites (tertiary alicyclic amines) is 1. The molecule has 2 aromatic heterocycles. The molecule has 1 spiro atoms. The zero-order valence-electron chi connectivity index (χ0n) is 22.9. The first kappa shape index (κ1) is 24.9. The molecule has 2 saturated heterocycles. The summed E-state index contributed by atoms with van der Waals surface area (Å²) in [6.45, 7) is 7.61. The highest BCUT2D eigenvalue weighted by atomic mass is 15.2. The first-order valence-corrected chi connectivity index (χ1v) is 14.9. The molecule has 3 aliphatic rings. The Hall–Kier alpha value is -3.06. The molecule has 39 heavy (non-hydrogen) atoms. The average molecular weight is 521 g/mol. The maximum atomic E-state index is 4.93. The van der Waals surface area contributed by atoms with Crippen molar-refractivity contribution in [1.29, 1.82) is 0 Å². The third kappa shape index (κ3) is 5.38. The highest BCUT2D eigenvalue weighted by Crippen LogP contribution is 2.39. The lowest BCUT2D eigenvalue weighted by Gasteiger charge is -2.34. The van der Waals surface area contributed by atoms with Crippen molar-refractivity contribution < 1.29 is 0 Å². The maximum absolute atomic E-state index is 4.93. The summed E-state index contributed by atoms with van der Waals surface area (Å²) in [5.74, 6) is 1.02. The lowest BCUT2D eigenvalue weighted by Crippen LogP contribution is -2.38. The van der Waals surface area contributed by atoms with Gasteiger partial charge in [0, 0.05) is 25.8 Å². The largest absolute Gasteiger partial charge is 0.341 e. The van der Waals surface area contributed by atoms with Crippen molar-refractivity contribution in [1.82, 2.24) is 30.1 Å². The standard InChI is InChI=1S/C33H40N6/c1-2-8-29-28(7-1)36-31(37-29)23-39(30-9-3-5-27-6-4-17-35-32(27)30)22-26-12-10-25(11-13-26)21-38-20-16-33(24-38)14-18-34-19-15-33/h1-2,4,6-8,10-13,17,30,34H,3,5,9,14-16,18-24H2,(H,36,37). The van der Waals surface area contributed by atoms with Gasteiger partial charge in [-0.3, -0.25) is 14.8 Å². The predicted octanol–water partition coefficient (Wildman–Crippen LogP) is 5.61. The summed E-state index contributed by atoms with van der Waals surface area (Å²) < 4.78 is 0. The summed E-state index contributed by atoms with van der Waals surface area (Å²) in [7, 11) is 0. The Morgan fingerprint density at radius 2 is 1.77 bits per heavy atom. The summed E-state index contributed by atoms with van der Waals surface area (Å²) in [6.07, 6.45) is 9.45. The van der Waals surface area contributed by atoms with Crippen molar-refractivity contribution in [3.05, 3.63) is 95.1 Å². The predicted molar refractivity (Wildman–Crippen MR) is 156 cm³/mol. The number of pyridine rings is 1. The van der Waals surface area contributed by atoms with E-state index in [-0.39, 0.29) is 0 Å². The molecule has 2 aliphatic heterocycles. The van der Waals surface area contributed by atoms with Crippen LogP contribution < -0.4 is 5.32 Å². The van der Waals surface area contributed by atoms with Gasteiger partial charge in [-0.2, -0.15) is 0 Å². The molecule has 6 nitrogen and oxygen atoms in total. The summed E-state index contributed by atoms with van der Waals surface area (Å²) in [5.41, 5.74) is 8.13. The molecule has 0 saturated carbocycles. The van der Waals surface area contributed by atoms with Crippen LogP contribution in [0.15, 0.2) is 66.9 Å². The van der Waals surface area contributed by atoms with Crippen LogP contribution in [0.3, 0.4) is 0 Å². The molecule has 6 heteroatoms. The van der Waals surface area contributed by atoms with Gasteiger partial charge in [0.2, 0.25) is 0 Å². The number of benzene rings is 2. The Labute approximate surface area is 231 Å². The normalized spacial score (nSPS) is 21.1. The highest BCUT2D eigenvalue weighted by Gasteiger charge is 2.38. The lowest BCUT2D eigenvalue weighted by atomic mass is 9.78. The minimum atomic E-state index is 0.300. The van der Waals surface area contributed by atoms with E-state index in [1.807, 2.05) is 6.20 Å². The van der Waals surface area contributed by atoms with Crippen molar-refractivity contribution in [2.75, 3.05) is 26.2 Å². The summed E-state index contributed by atoms with van der Waals surface area (Å²) >= 11 is 0. The van der Waals surface area contributed by atoms with Gasteiger partial charge in [-0.1, -0.05) is 42.5 Å². The smallest absolute Gasteiger partial charge is 0.121 e. The topological polar surface area (TPSA) is 60.1 Å². The van der Waals surface area contributed by atoms with E-state index in [1.165, 1.54) is 74.2 Å². The van der Waals surface area contributed by atoms with E-state index in [9.17, 15) is 0 Å². The number of rotatable bonds is 7. The molecule has 0 radical (unpaired) electrons. The SMILES string of the molecule is c1cnc2c(c1)CCCC2N(Cc1ccc(CN2CCC3(CCNCC3)C2)cc1)Cc1nc2ccccc2[nH]1. The number of H-pyrrole nitrogens is 1. The van der Waals surface area contributed by atoms with Crippen LogP contribution in [0.4, 0.5) is 0 Å². The number of hydrogen-bond acceptors (Lipinski definition) is 5. The third-order valence-corrected chi connectivity index (χ3v) is 9.39. The van der Waals surface area contributed by atoms with Crippen molar-refractivity contribution in [3.8, 4) is 0 Å². The molecule has 2 aromatic carbocycles. The second-order valence-electron chi connectivity index (χ2n) is 12.1. The van der Waals surface area contributed by atoms with E-state index in [2.05, 4.69) is 80.8 Å².